The van der Waals surface area contributed by atoms with Gasteiger partial charge in [-0.1, -0.05) is 48.5 Å². The lowest BCUT2D eigenvalue weighted by Gasteiger charge is -2.22. The molecule has 0 saturated carbocycles. The highest BCUT2D eigenvalue weighted by Crippen LogP contribution is 2.36. The highest BCUT2D eigenvalue weighted by Gasteiger charge is 2.34. The van der Waals surface area contributed by atoms with E-state index in [1.165, 1.54) is 4.70 Å². The van der Waals surface area contributed by atoms with Gasteiger partial charge in [0, 0.05) is 34.5 Å². The van der Waals surface area contributed by atoms with Gasteiger partial charge < -0.3 is 0 Å². The Morgan fingerprint density at radius 3 is 2.50 bits per heavy atom. The fourth-order valence-corrected chi connectivity index (χ4v) is 4.54. The summed E-state index contributed by atoms with van der Waals surface area (Å²) < 4.78 is 1.18. The van der Waals surface area contributed by atoms with Crippen LogP contribution in [0.5, 0.6) is 0 Å². The number of carbonyl (C=O) groups is 1. The first-order valence-corrected chi connectivity index (χ1v) is 9.96. The number of benzene rings is 2. The molecule has 0 radical (unpaired) electrons. The summed E-state index contributed by atoms with van der Waals surface area (Å²) in [5.74, 6) is -0.0766. The van der Waals surface area contributed by atoms with Gasteiger partial charge in [0.2, 0.25) is 0 Å². The fraction of sp³-hybridized carbons (Fsp3) is 0.0870. The molecule has 5 rings (SSSR count). The van der Waals surface area contributed by atoms with Crippen molar-refractivity contribution < 1.29 is 4.79 Å². The Labute approximate surface area is 166 Å². The van der Waals surface area contributed by atoms with Crippen molar-refractivity contribution in [2.75, 3.05) is 0 Å². The van der Waals surface area contributed by atoms with Crippen molar-refractivity contribution in [3.8, 4) is 0 Å². The van der Waals surface area contributed by atoms with E-state index in [0.717, 1.165) is 21.5 Å². The van der Waals surface area contributed by atoms with Crippen LogP contribution in [0.25, 0.3) is 10.1 Å². The van der Waals surface area contributed by atoms with E-state index >= 15 is 0 Å². The maximum Gasteiger partial charge on any atom is 0.274 e. The first-order valence-electron chi connectivity index (χ1n) is 9.14. The molecule has 0 bridgehead atoms. The number of fused-ring (bicyclic) bond motifs is 1. The molecule has 4 aromatic rings. The van der Waals surface area contributed by atoms with Gasteiger partial charge in [-0.05, 0) is 29.8 Å². The Bertz CT molecular complexity index is 1140. The third-order valence-electron chi connectivity index (χ3n) is 4.92. The van der Waals surface area contributed by atoms with Crippen LogP contribution in [0.3, 0.4) is 0 Å². The number of amides is 1. The zero-order valence-electron chi connectivity index (χ0n) is 15.0. The van der Waals surface area contributed by atoms with Crippen LogP contribution in [0.2, 0.25) is 0 Å². The van der Waals surface area contributed by atoms with E-state index in [2.05, 4.69) is 23.2 Å². The van der Waals surface area contributed by atoms with E-state index in [1.54, 1.807) is 22.5 Å². The van der Waals surface area contributed by atoms with Crippen LogP contribution in [-0.4, -0.2) is 21.6 Å². The minimum atomic E-state index is -0.104. The number of pyridine rings is 1. The second kappa shape index (κ2) is 7.02. The quantitative estimate of drug-likeness (QED) is 0.483. The molecular formula is C23H17N3OS. The summed E-state index contributed by atoms with van der Waals surface area (Å²) in [6, 6.07) is 23.5. The second-order valence-electron chi connectivity index (χ2n) is 6.72. The van der Waals surface area contributed by atoms with Crippen LogP contribution in [0.15, 0.2) is 90.3 Å². The molecule has 2 aromatic carbocycles. The van der Waals surface area contributed by atoms with Crippen molar-refractivity contribution in [3.05, 3.63) is 101 Å². The van der Waals surface area contributed by atoms with Gasteiger partial charge in [0.15, 0.2) is 0 Å². The number of rotatable bonds is 3. The molecule has 1 atom stereocenters. The molecule has 1 aliphatic rings. The van der Waals surface area contributed by atoms with Crippen LogP contribution in [0.1, 0.15) is 33.3 Å². The molecule has 1 amide bonds. The van der Waals surface area contributed by atoms with E-state index in [1.807, 2.05) is 60.8 Å². The molecule has 0 spiro atoms. The number of hydrogen-bond donors (Lipinski definition) is 0. The monoisotopic (exact) mass is 383 g/mol. The lowest BCUT2D eigenvalue weighted by molar-refractivity contribution is 0.0711. The van der Waals surface area contributed by atoms with Crippen LogP contribution in [-0.2, 0) is 0 Å². The van der Waals surface area contributed by atoms with E-state index in [0.29, 0.717) is 12.0 Å². The summed E-state index contributed by atoms with van der Waals surface area (Å²) in [7, 11) is 0. The topological polar surface area (TPSA) is 45.6 Å². The second-order valence-corrected chi connectivity index (χ2v) is 7.80. The van der Waals surface area contributed by atoms with Crippen molar-refractivity contribution in [2.45, 2.75) is 12.5 Å². The van der Waals surface area contributed by atoms with Crippen molar-refractivity contribution in [3.63, 3.8) is 0 Å². The van der Waals surface area contributed by atoms with Crippen LogP contribution < -0.4 is 0 Å². The summed E-state index contributed by atoms with van der Waals surface area (Å²) >= 11 is 1.69. The lowest BCUT2D eigenvalue weighted by Crippen LogP contribution is -2.27. The van der Waals surface area contributed by atoms with Crippen molar-refractivity contribution in [1.29, 1.82) is 0 Å². The van der Waals surface area contributed by atoms with Gasteiger partial charge >= 0.3 is 0 Å². The lowest BCUT2D eigenvalue weighted by atomic mass is 10.0. The smallest absolute Gasteiger partial charge is 0.267 e. The molecule has 2 aromatic heterocycles. The van der Waals surface area contributed by atoms with Gasteiger partial charge in [0.05, 0.1) is 16.6 Å². The van der Waals surface area contributed by atoms with Crippen LogP contribution >= 0.6 is 11.3 Å². The summed E-state index contributed by atoms with van der Waals surface area (Å²) in [6.07, 6.45) is 4.37. The average molecular weight is 383 g/mol. The van der Waals surface area contributed by atoms with E-state index < -0.39 is 0 Å². The van der Waals surface area contributed by atoms with Gasteiger partial charge in [-0.2, -0.15) is 5.10 Å². The molecule has 28 heavy (non-hydrogen) atoms. The number of hydrazone groups is 1. The van der Waals surface area contributed by atoms with E-state index in [-0.39, 0.29) is 11.9 Å². The Morgan fingerprint density at radius 2 is 1.75 bits per heavy atom. The summed E-state index contributed by atoms with van der Waals surface area (Å²) in [6.45, 7) is 0. The normalized spacial score (nSPS) is 16.4. The minimum Gasteiger partial charge on any atom is -0.267 e. The minimum absolute atomic E-state index is 0.0766. The fourth-order valence-electron chi connectivity index (χ4n) is 3.52. The number of hydrogen-bond acceptors (Lipinski definition) is 4. The van der Waals surface area contributed by atoms with Crippen molar-refractivity contribution in [2.24, 2.45) is 5.10 Å². The van der Waals surface area contributed by atoms with Gasteiger partial charge in [-0.15, -0.1) is 11.3 Å². The maximum atomic E-state index is 13.2. The Kier molecular flexibility index (Phi) is 4.22. The van der Waals surface area contributed by atoms with Crippen molar-refractivity contribution in [1.82, 2.24) is 9.99 Å². The van der Waals surface area contributed by atoms with Gasteiger partial charge in [-0.3, -0.25) is 9.78 Å². The zero-order valence-corrected chi connectivity index (χ0v) is 15.8. The van der Waals surface area contributed by atoms with Gasteiger partial charge in [-0.25, -0.2) is 5.01 Å². The number of thiophene rings is 1. The first-order chi connectivity index (χ1) is 13.8. The molecule has 1 aliphatic heterocycles. The third-order valence-corrected chi connectivity index (χ3v) is 6.09. The molecule has 0 saturated heterocycles. The first kappa shape index (κ1) is 16.8. The standard InChI is InChI=1S/C23H17N3OS/c27-23(17-9-5-2-6-10-17)26-20(16-7-3-1-4-8-16)14-19(25-26)22-13-18-15-24-12-11-21(18)28-22/h1-13,15,20H,14H2. The van der Waals surface area contributed by atoms with E-state index in [4.69, 9.17) is 5.10 Å². The molecule has 3 heterocycles. The van der Waals surface area contributed by atoms with Gasteiger partial charge in [0.1, 0.15) is 0 Å². The Balaban J connectivity index is 1.56. The largest absolute Gasteiger partial charge is 0.274 e. The van der Waals surface area contributed by atoms with Crippen molar-refractivity contribution >= 4 is 33.0 Å². The Morgan fingerprint density at radius 1 is 1.00 bits per heavy atom. The number of aromatic nitrogens is 1. The average Bonchev–Trinajstić information content (AvgIpc) is 3.39. The SMILES string of the molecule is O=C(c1ccccc1)N1N=C(c2cc3cnccc3s2)CC1c1ccccc1. The van der Waals surface area contributed by atoms with Crippen LogP contribution in [0.4, 0.5) is 0 Å². The summed E-state index contributed by atoms with van der Waals surface area (Å²) in [4.78, 5) is 18.5. The Hall–Kier alpha value is -3.31. The molecular weight excluding hydrogens is 366 g/mol. The molecule has 5 heteroatoms. The number of nitrogens with zero attached hydrogens (tertiary/aromatic N) is 3. The highest BCUT2D eigenvalue weighted by atomic mass is 32.1. The molecule has 0 fully saturated rings. The predicted octanol–water partition coefficient (Wildman–Crippen LogP) is 5.29. The molecule has 1 unspecified atom stereocenters. The van der Waals surface area contributed by atoms with Crippen LogP contribution in [0, 0.1) is 0 Å². The predicted molar refractivity (Wildman–Crippen MR) is 113 cm³/mol. The maximum absolute atomic E-state index is 13.2. The third kappa shape index (κ3) is 3.00. The van der Waals surface area contributed by atoms with Gasteiger partial charge in [0.25, 0.3) is 5.91 Å². The molecule has 0 aliphatic carbocycles. The zero-order chi connectivity index (χ0) is 18.9. The summed E-state index contributed by atoms with van der Waals surface area (Å²) in [5.41, 5.74) is 2.68. The summed E-state index contributed by atoms with van der Waals surface area (Å²) in [5, 5.41) is 7.53. The molecule has 136 valence electrons. The highest BCUT2D eigenvalue weighted by molar-refractivity contribution is 7.20. The molecule has 4 nitrogen and oxygen atoms in total. The van der Waals surface area contributed by atoms with E-state index in [9.17, 15) is 4.79 Å². The molecule has 0 N–H and O–H groups in total. The number of carbonyl (C=O) groups excluding carboxylic acids is 1.